The monoisotopic (exact) mass is 574 g/mol. The Morgan fingerprint density at radius 3 is 2.48 bits per heavy atom. The van der Waals surface area contributed by atoms with E-state index in [-0.39, 0.29) is 24.5 Å². The average Bonchev–Trinajstić information content (AvgIpc) is 2.92. The number of hydrogen-bond donors (Lipinski definition) is 3. The number of allylic oxidation sites excluding steroid dienone is 1. The SMILES string of the molecule is CCOC(=O)C1=C(C)NC(=O)N[C@@H]1c1ccc(OCC(=O)N/N=C\c2cc(Cl)c(OCC)c(OC)c2)c(OC)c1. The number of rotatable bonds is 12. The Morgan fingerprint density at radius 1 is 1.05 bits per heavy atom. The molecule has 1 aliphatic heterocycles. The summed E-state index contributed by atoms with van der Waals surface area (Å²) in [4.78, 5) is 37.0. The summed E-state index contributed by atoms with van der Waals surface area (Å²) < 4.78 is 27.0. The van der Waals surface area contributed by atoms with Crippen LogP contribution in [-0.4, -0.2) is 58.2 Å². The normalized spacial score (nSPS) is 14.8. The fraction of sp³-hybridized carbons (Fsp3) is 0.333. The molecule has 2 aromatic carbocycles. The predicted molar refractivity (Wildman–Crippen MR) is 147 cm³/mol. The Bertz CT molecular complexity index is 1330. The molecule has 0 spiro atoms. The van der Waals surface area contributed by atoms with E-state index < -0.39 is 23.9 Å². The van der Waals surface area contributed by atoms with E-state index in [4.69, 9.17) is 35.3 Å². The number of ether oxygens (including phenoxy) is 5. The maximum Gasteiger partial charge on any atom is 0.338 e. The summed E-state index contributed by atoms with van der Waals surface area (Å²) in [5, 5.41) is 9.58. The first-order valence-corrected chi connectivity index (χ1v) is 12.7. The van der Waals surface area contributed by atoms with Crippen molar-refractivity contribution in [2.24, 2.45) is 5.10 Å². The number of methoxy groups -OCH3 is 2. The molecule has 0 aliphatic carbocycles. The highest BCUT2D eigenvalue weighted by Gasteiger charge is 2.32. The van der Waals surface area contributed by atoms with Gasteiger partial charge in [-0.1, -0.05) is 17.7 Å². The highest BCUT2D eigenvalue weighted by molar-refractivity contribution is 6.32. The number of amides is 3. The number of nitrogens with zero attached hydrogens (tertiary/aromatic N) is 1. The maximum absolute atomic E-state index is 12.6. The van der Waals surface area contributed by atoms with Crippen LogP contribution in [0.3, 0.4) is 0 Å². The smallest absolute Gasteiger partial charge is 0.338 e. The van der Waals surface area contributed by atoms with Gasteiger partial charge in [-0.15, -0.1) is 0 Å². The lowest BCUT2D eigenvalue weighted by atomic mass is 9.95. The van der Waals surface area contributed by atoms with E-state index in [1.54, 1.807) is 44.2 Å². The molecule has 1 aliphatic rings. The number of carbonyl (C=O) groups is 3. The maximum atomic E-state index is 12.6. The first-order chi connectivity index (χ1) is 19.2. The summed E-state index contributed by atoms with van der Waals surface area (Å²) in [6.07, 6.45) is 1.40. The van der Waals surface area contributed by atoms with Gasteiger partial charge < -0.3 is 34.3 Å². The fourth-order valence-corrected chi connectivity index (χ4v) is 4.13. The van der Waals surface area contributed by atoms with Crippen molar-refractivity contribution in [2.75, 3.05) is 34.0 Å². The molecule has 1 heterocycles. The number of carbonyl (C=O) groups excluding carboxylic acids is 3. The van der Waals surface area contributed by atoms with Gasteiger partial charge in [0.1, 0.15) is 0 Å². The third kappa shape index (κ3) is 7.35. The van der Waals surface area contributed by atoms with Crippen molar-refractivity contribution in [1.82, 2.24) is 16.1 Å². The van der Waals surface area contributed by atoms with Gasteiger partial charge >= 0.3 is 12.0 Å². The number of hydrogen-bond acceptors (Lipinski definition) is 9. The summed E-state index contributed by atoms with van der Waals surface area (Å²) >= 11 is 6.26. The van der Waals surface area contributed by atoms with Gasteiger partial charge in [-0.3, -0.25) is 4.79 Å². The Balaban J connectivity index is 1.68. The van der Waals surface area contributed by atoms with Crippen LogP contribution in [0.4, 0.5) is 4.79 Å². The van der Waals surface area contributed by atoms with E-state index in [2.05, 4.69) is 21.2 Å². The van der Waals surface area contributed by atoms with Crippen LogP contribution in [0.5, 0.6) is 23.0 Å². The lowest BCUT2D eigenvalue weighted by molar-refractivity contribution is -0.139. The Labute approximate surface area is 236 Å². The molecule has 0 radical (unpaired) electrons. The Hall–Kier alpha value is -4.45. The van der Waals surface area contributed by atoms with Crippen LogP contribution in [0, 0.1) is 0 Å². The van der Waals surface area contributed by atoms with Crippen LogP contribution in [0.15, 0.2) is 46.7 Å². The number of esters is 1. The van der Waals surface area contributed by atoms with Crippen molar-refractivity contribution in [1.29, 1.82) is 0 Å². The molecule has 0 bridgehead atoms. The number of nitrogens with one attached hydrogen (secondary N) is 3. The van der Waals surface area contributed by atoms with Gasteiger partial charge in [0.25, 0.3) is 5.91 Å². The number of halogens is 1. The first-order valence-electron chi connectivity index (χ1n) is 12.3. The zero-order chi connectivity index (χ0) is 29.2. The highest BCUT2D eigenvalue weighted by Crippen LogP contribution is 2.36. The van der Waals surface area contributed by atoms with Crippen LogP contribution in [-0.2, 0) is 14.3 Å². The molecule has 3 N–H and O–H groups in total. The summed E-state index contributed by atoms with van der Waals surface area (Å²) in [5.74, 6) is 0.336. The van der Waals surface area contributed by atoms with Crippen LogP contribution < -0.4 is 35.0 Å². The van der Waals surface area contributed by atoms with Crippen molar-refractivity contribution in [3.63, 3.8) is 0 Å². The quantitative estimate of drug-likeness (QED) is 0.198. The van der Waals surface area contributed by atoms with E-state index in [1.807, 2.05) is 6.92 Å². The molecule has 12 nitrogen and oxygen atoms in total. The molecule has 0 saturated heterocycles. The molecule has 13 heteroatoms. The van der Waals surface area contributed by atoms with Gasteiger partial charge in [0, 0.05) is 5.70 Å². The van der Waals surface area contributed by atoms with Crippen LogP contribution in [0.25, 0.3) is 0 Å². The second-order valence-electron chi connectivity index (χ2n) is 8.25. The number of urea groups is 1. The summed E-state index contributed by atoms with van der Waals surface area (Å²) in [6.45, 7) is 5.39. The fourth-order valence-electron chi connectivity index (χ4n) is 3.86. The molecule has 0 fully saturated rings. The molecule has 3 amide bonds. The molecule has 3 rings (SSSR count). The topological polar surface area (TPSA) is 146 Å². The highest BCUT2D eigenvalue weighted by atomic mass is 35.5. The van der Waals surface area contributed by atoms with Crippen molar-refractivity contribution in [3.8, 4) is 23.0 Å². The van der Waals surface area contributed by atoms with Crippen molar-refractivity contribution in [2.45, 2.75) is 26.8 Å². The molecule has 0 unspecified atom stereocenters. The average molecular weight is 575 g/mol. The minimum Gasteiger partial charge on any atom is -0.493 e. The number of hydrazone groups is 1. The van der Waals surface area contributed by atoms with Crippen molar-refractivity contribution < 1.29 is 38.1 Å². The minimum atomic E-state index is -0.775. The summed E-state index contributed by atoms with van der Waals surface area (Å²) in [6, 6.07) is 6.90. The number of benzene rings is 2. The molecule has 1 atom stereocenters. The zero-order valence-corrected chi connectivity index (χ0v) is 23.5. The third-order valence-corrected chi connectivity index (χ3v) is 5.87. The van der Waals surface area contributed by atoms with E-state index in [1.165, 1.54) is 20.4 Å². The second-order valence-corrected chi connectivity index (χ2v) is 8.66. The predicted octanol–water partition coefficient (Wildman–Crippen LogP) is 3.48. The van der Waals surface area contributed by atoms with Gasteiger partial charge in [-0.25, -0.2) is 15.0 Å². The van der Waals surface area contributed by atoms with E-state index in [0.717, 1.165) is 0 Å². The van der Waals surface area contributed by atoms with Crippen molar-refractivity contribution in [3.05, 3.63) is 57.8 Å². The van der Waals surface area contributed by atoms with Crippen LogP contribution >= 0.6 is 11.6 Å². The second kappa shape index (κ2) is 14.1. The lowest BCUT2D eigenvalue weighted by Crippen LogP contribution is -2.45. The molecule has 214 valence electrons. The summed E-state index contributed by atoms with van der Waals surface area (Å²) in [7, 11) is 2.93. The molecular formula is C27H31ClN4O8. The molecule has 0 saturated carbocycles. The van der Waals surface area contributed by atoms with E-state index in [0.29, 0.717) is 45.7 Å². The van der Waals surface area contributed by atoms with Gasteiger partial charge in [0.15, 0.2) is 29.6 Å². The molecule has 2 aromatic rings. The zero-order valence-electron chi connectivity index (χ0n) is 22.8. The van der Waals surface area contributed by atoms with Crippen LogP contribution in [0.2, 0.25) is 5.02 Å². The van der Waals surface area contributed by atoms with Gasteiger partial charge in [-0.05, 0) is 56.2 Å². The van der Waals surface area contributed by atoms with Gasteiger partial charge in [0.2, 0.25) is 0 Å². The third-order valence-electron chi connectivity index (χ3n) is 5.59. The standard InChI is InChI=1S/C27H31ClN4O8/c1-6-38-25-18(28)10-16(11-21(25)37-5)13-29-32-22(33)14-40-19-9-8-17(12-20(19)36-4)24-23(26(34)39-7-2)15(3)30-27(35)31-24/h8-13,24H,6-7,14H2,1-5H3,(H,32,33)(H2,30,31,35)/b29-13-/t24-/m1/s1. The van der Waals surface area contributed by atoms with E-state index in [9.17, 15) is 14.4 Å². The lowest BCUT2D eigenvalue weighted by Gasteiger charge is -2.28. The van der Waals surface area contributed by atoms with Gasteiger partial charge in [-0.2, -0.15) is 5.10 Å². The van der Waals surface area contributed by atoms with E-state index >= 15 is 0 Å². The molecule has 0 aromatic heterocycles. The minimum absolute atomic E-state index is 0.181. The summed E-state index contributed by atoms with van der Waals surface area (Å²) in [5.41, 5.74) is 4.16. The largest absolute Gasteiger partial charge is 0.493 e. The first kappa shape index (κ1) is 30.1. The Morgan fingerprint density at radius 2 is 1.80 bits per heavy atom. The van der Waals surface area contributed by atoms with Crippen LogP contribution in [0.1, 0.15) is 37.9 Å². The Kier molecular flexibility index (Phi) is 10.6. The van der Waals surface area contributed by atoms with Crippen molar-refractivity contribution >= 4 is 35.7 Å². The molecule has 40 heavy (non-hydrogen) atoms. The molecular weight excluding hydrogens is 544 g/mol. The van der Waals surface area contributed by atoms with Gasteiger partial charge in [0.05, 0.1) is 50.3 Å².